The molecule has 0 bridgehead atoms. The Morgan fingerprint density at radius 3 is 2.34 bits per heavy atom. The second kappa shape index (κ2) is 8.53. The largest absolute Gasteiger partial charge is 0.444 e. The minimum Gasteiger partial charge on any atom is -0.444 e. The Hall–Kier alpha value is -2.41. The number of hydrogen-bond acceptors (Lipinski definition) is 5. The summed E-state index contributed by atoms with van der Waals surface area (Å²) in [5, 5.41) is 6.52. The number of aryl methyl sites for hydroxylation is 3. The molecule has 2 aromatic rings. The zero-order chi connectivity index (χ0) is 22.0. The number of rotatable bonds is 5. The number of aromatic nitrogens is 1. The van der Waals surface area contributed by atoms with Crippen molar-refractivity contribution in [3.05, 3.63) is 39.9 Å². The van der Waals surface area contributed by atoms with Crippen molar-refractivity contribution in [3.8, 4) is 10.6 Å². The van der Waals surface area contributed by atoms with Crippen LogP contribution in [0.4, 0.5) is 4.79 Å². The summed E-state index contributed by atoms with van der Waals surface area (Å²) in [6.45, 7) is 15.3. The van der Waals surface area contributed by atoms with Crippen molar-refractivity contribution in [2.75, 3.05) is 6.54 Å². The van der Waals surface area contributed by atoms with Crippen LogP contribution in [0.5, 0.6) is 0 Å². The lowest BCUT2D eigenvalue weighted by molar-refractivity contribution is 0.0509. The van der Waals surface area contributed by atoms with Crippen LogP contribution in [-0.2, 0) is 4.74 Å². The Bertz CT molecular complexity index is 911. The Kier molecular flexibility index (Phi) is 6.73. The number of carbonyl (C=O) groups is 2. The SMILES string of the molecule is Cc1ccc(-c2nc(C)c(C(=O)NC(C)(C)CNC(=O)OC(C)(C)C)s2)c(C)c1. The quantitative estimate of drug-likeness (QED) is 0.734. The normalized spacial score (nSPS) is 11.9. The summed E-state index contributed by atoms with van der Waals surface area (Å²) in [5.74, 6) is -0.202. The van der Waals surface area contributed by atoms with Gasteiger partial charge in [-0.25, -0.2) is 9.78 Å². The average Bonchev–Trinajstić information content (AvgIpc) is 2.93. The zero-order valence-corrected chi connectivity index (χ0v) is 19.3. The lowest BCUT2D eigenvalue weighted by atomic mass is 10.1. The van der Waals surface area contributed by atoms with Gasteiger partial charge in [-0.3, -0.25) is 4.79 Å². The van der Waals surface area contributed by atoms with E-state index in [1.807, 2.05) is 39.8 Å². The van der Waals surface area contributed by atoms with Crippen molar-refractivity contribution >= 4 is 23.3 Å². The third-order valence-corrected chi connectivity index (χ3v) is 5.33. The molecule has 1 heterocycles. The van der Waals surface area contributed by atoms with E-state index in [4.69, 9.17) is 4.74 Å². The van der Waals surface area contributed by atoms with Crippen molar-refractivity contribution in [1.82, 2.24) is 15.6 Å². The van der Waals surface area contributed by atoms with Crippen LogP contribution in [0.3, 0.4) is 0 Å². The fraction of sp³-hybridized carbons (Fsp3) is 0.500. The van der Waals surface area contributed by atoms with E-state index in [-0.39, 0.29) is 12.5 Å². The predicted octanol–water partition coefficient (Wildman–Crippen LogP) is 4.77. The number of amides is 2. The minimum absolute atomic E-state index is 0.202. The maximum atomic E-state index is 12.9. The standard InChI is InChI=1S/C22H31N3O3S/c1-13-9-10-16(14(2)11-13)19-24-15(3)17(29-19)18(26)25-22(7,8)12-23-20(27)28-21(4,5)6/h9-11H,12H2,1-8H3,(H,23,27)(H,25,26). The lowest BCUT2D eigenvalue weighted by Gasteiger charge is -2.27. The molecule has 158 valence electrons. The number of thiazole rings is 1. The molecule has 0 atom stereocenters. The molecule has 0 spiro atoms. The number of hydrogen-bond donors (Lipinski definition) is 2. The highest BCUT2D eigenvalue weighted by atomic mass is 32.1. The summed E-state index contributed by atoms with van der Waals surface area (Å²) in [6.07, 6.45) is -0.508. The Morgan fingerprint density at radius 1 is 1.10 bits per heavy atom. The number of carbonyl (C=O) groups excluding carboxylic acids is 2. The van der Waals surface area contributed by atoms with Gasteiger partial charge < -0.3 is 15.4 Å². The molecule has 1 aromatic heterocycles. The third-order valence-electron chi connectivity index (χ3n) is 4.14. The highest BCUT2D eigenvalue weighted by molar-refractivity contribution is 7.17. The first-order valence-corrected chi connectivity index (χ1v) is 10.4. The molecule has 0 fully saturated rings. The van der Waals surface area contributed by atoms with E-state index in [1.165, 1.54) is 16.9 Å². The van der Waals surface area contributed by atoms with E-state index in [2.05, 4.69) is 28.6 Å². The maximum absolute atomic E-state index is 12.9. The van der Waals surface area contributed by atoms with Crippen molar-refractivity contribution in [1.29, 1.82) is 0 Å². The van der Waals surface area contributed by atoms with E-state index in [0.29, 0.717) is 10.6 Å². The van der Waals surface area contributed by atoms with E-state index in [0.717, 1.165) is 16.1 Å². The molecule has 2 rings (SSSR count). The molecule has 2 amide bonds. The smallest absolute Gasteiger partial charge is 0.407 e. The van der Waals surface area contributed by atoms with E-state index >= 15 is 0 Å². The number of benzene rings is 1. The van der Waals surface area contributed by atoms with Gasteiger partial charge in [0, 0.05) is 12.1 Å². The number of alkyl carbamates (subject to hydrolysis) is 1. The van der Waals surface area contributed by atoms with Gasteiger partial charge in [0.25, 0.3) is 5.91 Å². The molecular weight excluding hydrogens is 386 g/mol. The second-order valence-electron chi connectivity index (χ2n) is 8.95. The van der Waals surface area contributed by atoms with Crippen LogP contribution in [0.2, 0.25) is 0 Å². The maximum Gasteiger partial charge on any atom is 0.407 e. The third kappa shape index (κ3) is 6.56. The fourth-order valence-electron chi connectivity index (χ4n) is 2.79. The molecule has 0 aliphatic carbocycles. The van der Waals surface area contributed by atoms with Crippen LogP contribution in [0.25, 0.3) is 10.6 Å². The van der Waals surface area contributed by atoms with Gasteiger partial charge in [-0.05, 0) is 61.0 Å². The van der Waals surface area contributed by atoms with Gasteiger partial charge in [-0.2, -0.15) is 0 Å². The van der Waals surface area contributed by atoms with Crippen LogP contribution >= 0.6 is 11.3 Å². The van der Waals surface area contributed by atoms with E-state index < -0.39 is 17.2 Å². The number of nitrogens with zero attached hydrogens (tertiary/aromatic N) is 1. The van der Waals surface area contributed by atoms with Gasteiger partial charge in [0.05, 0.1) is 11.2 Å². The Balaban J connectivity index is 2.08. The summed E-state index contributed by atoms with van der Waals surface area (Å²) in [6, 6.07) is 6.20. The van der Waals surface area contributed by atoms with Crippen LogP contribution in [0.15, 0.2) is 18.2 Å². The van der Waals surface area contributed by atoms with Crippen LogP contribution in [0, 0.1) is 20.8 Å². The molecule has 7 heteroatoms. The molecule has 0 unspecified atom stereocenters. The van der Waals surface area contributed by atoms with Crippen LogP contribution < -0.4 is 10.6 Å². The first-order valence-electron chi connectivity index (χ1n) is 9.62. The van der Waals surface area contributed by atoms with Crippen molar-refractivity contribution in [2.45, 2.75) is 66.5 Å². The van der Waals surface area contributed by atoms with Crippen LogP contribution in [-0.4, -0.2) is 34.7 Å². The molecule has 2 N–H and O–H groups in total. The van der Waals surface area contributed by atoms with E-state index in [9.17, 15) is 9.59 Å². The molecular formula is C22H31N3O3S. The Morgan fingerprint density at radius 2 is 1.76 bits per heavy atom. The molecule has 0 aliphatic heterocycles. The predicted molar refractivity (Wildman–Crippen MR) is 118 cm³/mol. The average molecular weight is 418 g/mol. The van der Waals surface area contributed by atoms with Crippen molar-refractivity contribution in [2.24, 2.45) is 0 Å². The molecule has 0 radical (unpaired) electrons. The van der Waals surface area contributed by atoms with Gasteiger partial charge in [0.2, 0.25) is 0 Å². The second-order valence-corrected chi connectivity index (χ2v) is 9.94. The number of nitrogens with one attached hydrogen (secondary N) is 2. The first kappa shape index (κ1) is 22.9. The monoisotopic (exact) mass is 417 g/mol. The highest BCUT2D eigenvalue weighted by Crippen LogP contribution is 2.31. The Labute approximate surface area is 177 Å². The van der Waals surface area contributed by atoms with E-state index in [1.54, 1.807) is 20.8 Å². The lowest BCUT2D eigenvalue weighted by Crippen LogP contribution is -2.52. The molecule has 0 saturated heterocycles. The summed E-state index contributed by atoms with van der Waals surface area (Å²) in [4.78, 5) is 29.9. The van der Waals surface area contributed by atoms with Crippen molar-refractivity contribution in [3.63, 3.8) is 0 Å². The summed E-state index contributed by atoms with van der Waals surface area (Å²) in [5.41, 5.74) is 2.84. The molecule has 0 saturated carbocycles. The van der Waals surface area contributed by atoms with Gasteiger partial charge >= 0.3 is 6.09 Å². The fourth-order valence-corrected chi connectivity index (χ4v) is 3.84. The van der Waals surface area contributed by atoms with Crippen molar-refractivity contribution < 1.29 is 14.3 Å². The van der Waals surface area contributed by atoms with Gasteiger partial charge in [-0.15, -0.1) is 11.3 Å². The summed E-state index contributed by atoms with van der Waals surface area (Å²) >= 11 is 1.38. The topological polar surface area (TPSA) is 80.3 Å². The summed E-state index contributed by atoms with van der Waals surface area (Å²) < 4.78 is 5.24. The number of ether oxygens (including phenoxy) is 1. The highest BCUT2D eigenvalue weighted by Gasteiger charge is 2.26. The van der Waals surface area contributed by atoms with Gasteiger partial charge in [0.15, 0.2) is 0 Å². The van der Waals surface area contributed by atoms with Gasteiger partial charge in [0.1, 0.15) is 15.5 Å². The zero-order valence-electron chi connectivity index (χ0n) is 18.5. The van der Waals surface area contributed by atoms with Gasteiger partial charge in [-0.1, -0.05) is 23.8 Å². The molecule has 0 aliphatic rings. The summed E-state index contributed by atoms with van der Waals surface area (Å²) in [7, 11) is 0. The van der Waals surface area contributed by atoms with Crippen LogP contribution in [0.1, 0.15) is 61.1 Å². The molecule has 29 heavy (non-hydrogen) atoms. The molecule has 1 aromatic carbocycles. The first-order chi connectivity index (χ1) is 13.3. The molecule has 6 nitrogen and oxygen atoms in total. The minimum atomic E-state index is -0.648.